The number of urea groups is 1. The number of hydrogen-bond acceptors (Lipinski definition) is 7. The minimum Gasteiger partial charge on any atom is -0.452 e. The first-order valence-corrected chi connectivity index (χ1v) is 11.1. The van der Waals surface area contributed by atoms with Gasteiger partial charge in [-0.05, 0) is 42.8 Å². The van der Waals surface area contributed by atoms with Gasteiger partial charge in [-0.1, -0.05) is 36.4 Å². The number of halogens is 3. The molecule has 1 fully saturated rings. The second-order valence-electron chi connectivity index (χ2n) is 8.28. The predicted molar refractivity (Wildman–Crippen MR) is 127 cm³/mol. The summed E-state index contributed by atoms with van der Waals surface area (Å²) in [5.41, 5.74) is 0.143. The normalized spacial score (nSPS) is 17.1. The highest BCUT2D eigenvalue weighted by molar-refractivity contribution is 6.08. The Morgan fingerprint density at radius 1 is 1.05 bits per heavy atom. The summed E-state index contributed by atoms with van der Waals surface area (Å²) in [5, 5.41) is 5.64. The summed E-state index contributed by atoms with van der Waals surface area (Å²) < 4.78 is 44.0. The minimum absolute atomic E-state index is 0.0188. The van der Waals surface area contributed by atoms with Gasteiger partial charge in [-0.3, -0.25) is 15.0 Å². The van der Waals surface area contributed by atoms with Crippen LogP contribution < -0.4 is 16.1 Å². The highest BCUT2D eigenvalue weighted by Crippen LogP contribution is 2.32. The molecule has 0 unspecified atom stereocenters. The molecule has 0 saturated carbocycles. The van der Waals surface area contributed by atoms with Crippen LogP contribution in [-0.4, -0.2) is 40.4 Å². The van der Waals surface area contributed by atoms with Crippen LogP contribution in [0.2, 0.25) is 0 Å². The van der Waals surface area contributed by atoms with Crippen molar-refractivity contribution >= 4 is 35.3 Å². The maximum atomic E-state index is 13.0. The Labute approximate surface area is 213 Å². The number of hydrogen-bond donors (Lipinski definition) is 3. The van der Waals surface area contributed by atoms with Crippen molar-refractivity contribution in [1.82, 2.24) is 20.7 Å². The average Bonchev–Trinajstić information content (AvgIpc) is 3.11. The van der Waals surface area contributed by atoms with E-state index in [1.54, 1.807) is 30.3 Å². The quantitative estimate of drug-likeness (QED) is 0.317. The number of esters is 1. The van der Waals surface area contributed by atoms with Gasteiger partial charge in [0.1, 0.15) is 16.9 Å². The molecule has 1 saturated heterocycles. The van der Waals surface area contributed by atoms with E-state index in [2.05, 4.69) is 21.0 Å². The zero-order valence-corrected chi connectivity index (χ0v) is 19.7. The molecule has 0 aliphatic carbocycles. The lowest BCUT2D eigenvalue weighted by atomic mass is 9.92. The van der Waals surface area contributed by atoms with Crippen molar-refractivity contribution < 1.29 is 37.1 Å². The fraction of sp³-hybridized carbons (Fsp3) is 0.160. The topological polar surface area (TPSA) is 130 Å². The SMILES string of the molecule is C[C@]1(c2ccccc2)NC(=O)N(NC(=O)COC(=O)c2cccnc2Nc2cccc(C(F)(F)F)c2)C1=O. The van der Waals surface area contributed by atoms with Crippen molar-refractivity contribution in [3.8, 4) is 0 Å². The number of pyridine rings is 1. The molecule has 0 bridgehead atoms. The van der Waals surface area contributed by atoms with Gasteiger partial charge in [0.15, 0.2) is 6.61 Å². The number of carbonyl (C=O) groups excluding carboxylic acids is 4. The van der Waals surface area contributed by atoms with E-state index in [-0.39, 0.29) is 17.1 Å². The Kier molecular flexibility index (Phi) is 7.02. The third-order valence-electron chi connectivity index (χ3n) is 5.59. The minimum atomic E-state index is -4.57. The lowest BCUT2D eigenvalue weighted by molar-refractivity contribution is -0.140. The summed E-state index contributed by atoms with van der Waals surface area (Å²) in [4.78, 5) is 54.2. The number of alkyl halides is 3. The summed E-state index contributed by atoms with van der Waals surface area (Å²) >= 11 is 0. The maximum absolute atomic E-state index is 13.0. The molecule has 2 aromatic carbocycles. The van der Waals surface area contributed by atoms with Crippen LogP contribution in [0.15, 0.2) is 72.9 Å². The number of anilines is 2. The number of imide groups is 1. The van der Waals surface area contributed by atoms with E-state index in [1.165, 1.54) is 37.4 Å². The first-order chi connectivity index (χ1) is 18.0. The molecule has 0 spiro atoms. The molecular formula is C25H20F3N5O5. The Balaban J connectivity index is 1.40. The second kappa shape index (κ2) is 10.2. The molecule has 1 atom stereocenters. The van der Waals surface area contributed by atoms with Crippen molar-refractivity contribution in [3.05, 3.63) is 89.6 Å². The maximum Gasteiger partial charge on any atom is 0.416 e. The summed E-state index contributed by atoms with van der Waals surface area (Å²) in [6.07, 6.45) is -3.26. The monoisotopic (exact) mass is 527 g/mol. The molecule has 2 heterocycles. The van der Waals surface area contributed by atoms with Crippen LogP contribution in [0, 0.1) is 0 Å². The third kappa shape index (κ3) is 5.40. The number of amides is 4. The lowest BCUT2D eigenvalue weighted by Gasteiger charge is -2.22. The van der Waals surface area contributed by atoms with E-state index in [9.17, 15) is 32.3 Å². The first kappa shape index (κ1) is 26.1. The number of rotatable bonds is 7. The summed E-state index contributed by atoms with van der Waals surface area (Å²) in [6.45, 7) is 0.617. The van der Waals surface area contributed by atoms with Gasteiger partial charge in [0, 0.05) is 11.9 Å². The Morgan fingerprint density at radius 3 is 2.50 bits per heavy atom. The van der Waals surface area contributed by atoms with Gasteiger partial charge in [-0.2, -0.15) is 18.2 Å². The largest absolute Gasteiger partial charge is 0.452 e. The number of carbonyl (C=O) groups is 4. The molecule has 1 aliphatic heterocycles. The van der Waals surface area contributed by atoms with Crippen molar-refractivity contribution in [2.24, 2.45) is 0 Å². The molecule has 3 N–H and O–H groups in total. The highest BCUT2D eigenvalue weighted by Gasteiger charge is 2.50. The predicted octanol–water partition coefficient (Wildman–Crippen LogP) is 3.50. The fourth-order valence-electron chi connectivity index (χ4n) is 3.65. The molecule has 3 aromatic rings. The van der Waals surface area contributed by atoms with Gasteiger partial charge in [-0.25, -0.2) is 14.6 Å². The second-order valence-corrected chi connectivity index (χ2v) is 8.28. The third-order valence-corrected chi connectivity index (χ3v) is 5.59. The smallest absolute Gasteiger partial charge is 0.416 e. The van der Waals surface area contributed by atoms with E-state index in [0.29, 0.717) is 10.6 Å². The molecule has 1 aromatic heterocycles. The van der Waals surface area contributed by atoms with Crippen molar-refractivity contribution in [2.75, 3.05) is 11.9 Å². The van der Waals surface area contributed by atoms with Gasteiger partial charge >= 0.3 is 18.2 Å². The summed E-state index contributed by atoms with van der Waals surface area (Å²) in [6, 6.07) is 14.5. The van der Waals surface area contributed by atoms with Crippen LogP contribution in [0.1, 0.15) is 28.4 Å². The fourth-order valence-corrected chi connectivity index (χ4v) is 3.65. The van der Waals surface area contributed by atoms with Gasteiger partial charge in [0.25, 0.3) is 11.8 Å². The first-order valence-electron chi connectivity index (χ1n) is 11.1. The average molecular weight is 527 g/mol. The highest BCUT2D eigenvalue weighted by atomic mass is 19.4. The number of ether oxygens (including phenoxy) is 1. The number of benzene rings is 2. The van der Waals surface area contributed by atoms with E-state index in [0.717, 1.165) is 12.1 Å². The summed E-state index contributed by atoms with van der Waals surface area (Å²) in [7, 11) is 0. The lowest BCUT2D eigenvalue weighted by Crippen LogP contribution is -2.49. The van der Waals surface area contributed by atoms with E-state index in [1.807, 2.05) is 0 Å². The van der Waals surface area contributed by atoms with Crippen molar-refractivity contribution in [2.45, 2.75) is 18.6 Å². The van der Waals surface area contributed by atoms with Gasteiger partial charge in [-0.15, -0.1) is 0 Å². The number of aromatic nitrogens is 1. The molecule has 4 rings (SSSR count). The molecule has 4 amide bonds. The van der Waals surface area contributed by atoms with Crippen molar-refractivity contribution in [1.29, 1.82) is 0 Å². The van der Waals surface area contributed by atoms with E-state index in [4.69, 9.17) is 4.74 Å². The van der Waals surface area contributed by atoms with E-state index >= 15 is 0 Å². The molecule has 13 heteroatoms. The molecule has 10 nitrogen and oxygen atoms in total. The molecule has 0 radical (unpaired) electrons. The van der Waals surface area contributed by atoms with Crippen LogP contribution in [0.4, 0.5) is 29.5 Å². The molecule has 38 heavy (non-hydrogen) atoms. The molecular weight excluding hydrogens is 507 g/mol. The van der Waals surface area contributed by atoms with Crippen LogP contribution in [0.3, 0.4) is 0 Å². The van der Waals surface area contributed by atoms with Crippen molar-refractivity contribution in [3.63, 3.8) is 0 Å². The summed E-state index contributed by atoms with van der Waals surface area (Å²) in [5.74, 6) is -2.84. The zero-order chi connectivity index (χ0) is 27.5. The number of hydrazine groups is 1. The number of nitrogens with one attached hydrogen (secondary N) is 3. The van der Waals surface area contributed by atoms with Gasteiger partial charge in [0.05, 0.1) is 5.56 Å². The Morgan fingerprint density at radius 2 is 1.79 bits per heavy atom. The van der Waals surface area contributed by atoms with Crippen LogP contribution >= 0.6 is 0 Å². The molecule has 1 aliphatic rings. The van der Waals surface area contributed by atoms with Gasteiger partial charge < -0.3 is 15.4 Å². The zero-order valence-electron chi connectivity index (χ0n) is 19.7. The van der Waals surface area contributed by atoms with E-state index < -0.39 is 47.7 Å². The Hall–Kier alpha value is -4.94. The van der Waals surface area contributed by atoms with Crippen LogP contribution in [0.5, 0.6) is 0 Å². The standard InChI is InChI=1S/C25H20F3N5O5/c1-24(15-7-3-2-4-8-15)22(36)33(23(37)31-24)32-19(34)14-38-21(35)18-11-6-12-29-20(18)30-17-10-5-9-16(13-17)25(26,27)28/h2-13H,14H2,1H3,(H,29,30)(H,31,37)(H,32,34)/t24-/m1/s1. The van der Waals surface area contributed by atoms with Crippen LogP contribution in [-0.2, 0) is 26.0 Å². The number of nitrogens with zero attached hydrogens (tertiary/aromatic N) is 2. The molecule has 196 valence electrons. The van der Waals surface area contributed by atoms with Crippen LogP contribution in [0.25, 0.3) is 0 Å². The Bertz CT molecular complexity index is 1400. The van der Waals surface area contributed by atoms with Gasteiger partial charge in [0.2, 0.25) is 0 Å².